The van der Waals surface area contributed by atoms with Crippen LogP contribution in [-0.4, -0.2) is 5.91 Å². The average molecular weight is 258 g/mol. The maximum Gasteiger partial charge on any atom is 0.225 e. The fourth-order valence-electron chi connectivity index (χ4n) is 2.39. The number of benzene rings is 2. The third kappa shape index (κ3) is 2.00. The van der Waals surface area contributed by atoms with Crippen LogP contribution in [0.4, 0.5) is 0 Å². The second-order valence-corrected chi connectivity index (χ2v) is 4.87. The monoisotopic (exact) mass is 257 g/mol. The highest BCUT2D eigenvalue weighted by Gasteiger charge is 2.25. The minimum absolute atomic E-state index is 0.0543. The second kappa shape index (κ2) is 4.46. The van der Waals surface area contributed by atoms with Gasteiger partial charge in [0, 0.05) is 5.02 Å². The van der Waals surface area contributed by atoms with Crippen molar-refractivity contribution in [1.29, 1.82) is 0 Å². The number of rotatable bonds is 1. The van der Waals surface area contributed by atoms with Crippen LogP contribution >= 0.6 is 11.6 Å². The minimum Gasteiger partial charge on any atom is -0.345 e. The molecule has 90 valence electrons. The summed E-state index contributed by atoms with van der Waals surface area (Å²) in [6.45, 7) is 0. The highest BCUT2D eigenvalue weighted by molar-refractivity contribution is 6.30. The van der Waals surface area contributed by atoms with E-state index in [1.54, 1.807) is 0 Å². The number of halogens is 1. The quantitative estimate of drug-likeness (QED) is 0.836. The smallest absolute Gasteiger partial charge is 0.225 e. The molecular formula is C15H12ClNO. The molecule has 2 aromatic carbocycles. The predicted octanol–water partition coefficient (Wildman–Crippen LogP) is 3.10. The Morgan fingerprint density at radius 2 is 1.94 bits per heavy atom. The number of carbonyl (C=O) groups excluding carboxylic acids is 1. The fourth-order valence-corrected chi connectivity index (χ4v) is 2.59. The Kier molecular flexibility index (Phi) is 2.80. The average Bonchev–Trinajstić information content (AvgIpc) is 2.37. The van der Waals surface area contributed by atoms with Crippen molar-refractivity contribution in [2.24, 2.45) is 0 Å². The van der Waals surface area contributed by atoms with E-state index in [0.29, 0.717) is 11.4 Å². The zero-order valence-corrected chi connectivity index (χ0v) is 10.4. The Morgan fingerprint density at radius 3 is 2.78 bits per heavy atom. The van der Waals surface area contributed by atoms with Gasteiger partial charge in [-0.3, -0.25) is 4.79 Å². The standard InChI is InChI=1S/C15H12ClNO/c16-12-6-3-5-11(8-12)15-13-7-2-1-4-10(13)9-14(18)17-15/h1-8,15H,9H2,(H,17,18)/t15-/m0/s1. The molecule has 0 bridgehead atoms. The molecule has 1 aliphatic heterocycles. The van der Waals surface area contributed by atoms with Crippen molar-refractivity contribution in [3.8, 4) is 0 Å². The van der Waals surface area contributed by atoms with Crippen molar-refractivity contribution in [2.75, 3.05) is 0 Å². The lowest BCUT2D eigenvalue weighted by Crippen LogP contribution is -2.35. The number of fused-ring (bicyclic) bond motifs is 1. The molecule has 0 saturated carbocycles. The van der Waals surface area contributed by atoms with Crippen molar-refractivity contribution >= 4 is 17.5 Å². The van der Waals surface area contributed by atoms with E-state index in [4.69, 9.17) is 11.6 Å². The molecule has 18 heavy (non-hydrogen) atoms. The molecule has 0 radical (unpaired) electrons. The molecule has 1 amide bonds. The maximum absolute atomic E-state index is 11.8. The van der Waals surface area contributed by atoms with Crippen LogP contribution in [0.2, 0.25) is 5.02 Å². The second-order valence-electron chi connectivity index (χ2n) is 4.43. The first-order valence-electron chi connectivity index (χ1n) is 5.86. The van der Waals surface area contributed by atoms with E-state index in [2.05, 4.69) is 11.4 Å². The molecule has 0 fully saturated rings. The molecule has 1 heterocycles. The molecule has 3 heteroatoms. The summed E-state index contributed by atoms with van der Waals surface area (Å²) in [5.41, 5.74) is 3.26. The largest absolute Gasteiger partial charge is 0.345 e. The van der Waals surface area contributed by atoms with E-state index in [1.807, 2.05) is 42.5 Å². The SMILES string of the molecule is O=C1Cc2ccccc2[C@H](c2cccc(Cl)c2)N1. The number of nitrogens with one attached hydrogen (secondary N) is 1. The van der Waals surface area contributed by atoms with Crippen molar-refractivity contribution in [3.05, 3.63) is 70.2 Å². The van der Waals surface area contributed by atoms with Crippen LogP contribution in [0.1, 0.15) is 22.7 Å². The van der Waals surface area contributed by atoms with Gasteiger partial charge in [-0.1, -0.05) is 48.0 Å². The summed E-state index contributed by atoms with van der Waals surface area (Å²) in [5, 5.41) is 3.70. The Hall–Kier alpha value is -1.80. The molecule has 0 aliphatic carbocycles. The van der Waals surface area contributed by atoms with Gasteiger partial charge in [0.2, 0.25) is 5.91 Å². The van der Waals surface area contributed by atoms with Crippen LogP contribution in [0.5, 0.6) is 0 Å². The molecule has 3 rings (SSSR count). The number of amides is 1. The highest BCUT2D eigenvalue weighted by Crippen LogP contribution is 2.29. The lowest BCUT2D eigenvalue weighted by atomic mass is 9.90. The summed E-state index contributed by atoms with van der Waals surface area (Å²) in [6, 6.07) is 15.5. The van der Waals surface area contributed by atoms with Gasteiger partial charge >= 0.3 is 0 Å². The summed E-state index contributed by atoms with van der Waals surface area (Å²) in [5.74, 6) is 0.0543. The molecule has 1 atom stereocenters. The first kappa shape index (κ1) is 11.3. The van der Waals surface area contributed by atoms with Crippen LogP contribution in [0, 0.1) is 0 Å². The van der Waals surface area contributed by atoms with Crippen LogP contribution in [0.15, 0.2) is 48.5 Å². The molecule has 0 saturated heterocycles. The van der Waals surface area contributed by atoms with Gasteiger partial charge in [-0.05, 0) is 28.8 Å². The van der Waals surface area contributed by atoms with Gasteiger partial charge in [0.25, 0.3) is 0 Å². The van der Waals surface area contributed by atoms with E-state index in [-0.39, 0.29) is 11.9 Å². The maximum atomic E-state index is 11.8. The van der Waals surface area contributed by atoms with E-state index in [9.17, 15) is 4.79 Å². The lowest BCUT2D eigenvalue weighted by Gasteiger charge is -2.27. The Bertz CT molecular complexity index is 609. The first-order chi connectivity index (χ1) is 8.74. The highest BCUT2D eigenvalue weighted by atomic mass is 35.5. The van der Waals surface area contributed by atoms with Gasteiger partial charge in [0.1, 0.15) is 0 Å². The number of hydrogen-bond acceptors (Lipinski definition) is 1. The molecule has 0 spiro atoms. The summed E-state index contributed by atoms with van der Waals surface area (Å²) in [4.78, 5) is 11.8. The molecule has 2 nitrogen and oxygen atoms in total. The topological polar surface area (TPSA) is 29.1 Å². The molecular weight excluding hydrogens is 246 g/mol. The van der Waals surface area contributed by atoms with E-state index in [0.717, 1.165) is 16.7 Å². The summed E-state index contributed by atoms with van der Waals surface area (Å²) < 4.78 is 0. The van der Waals surface area contributed by atoms with Crippen LogP contribution in [0.25, 0.3) is 0 Å². The van der Waals surface area contributed by atoms with Crippen LogP contribution in [0.3, 0.4) is 0 Å². The van der Waals surface area contributed by atoms with Crippen LogP contribution < -0.4 is 5.32 Å². The Balaban J connectivity index is 2.10. The lowest BCUT2D eigenvalue weighted by molar-refractivity contribution is -0.121. The van der Waals surface area contributed by atoms with Crippen molar-refractivity contribution < 1.29 is 4.79 Å². The number of hydrogen-bond donors (Lipinski definition) is 1. The first-order valence-corrected chi connectivity index (χ1v) is 6.24. The number of carbonyl (C=O) groups is 1. The van der Waals surface area contributed by atoms with Crippen LogP contribution in [-0.2, 0) is 11.2 Å². The van der Waals surface area contributed by atoms with Gasteiger partial charge in [0.15, 0.2) is 0 Å². The zero-order chi connectivity index (χ0) is 12.5. The van der Waals surface area contributed by atoms with Gasteiger partial charge < -0.3 is 5.32 Å². The zero-order valence-electron chi connectivity index (χ0n) is 9.69. The van der Waals surface area contributed by atoms with Crippen molar-refractivity contribution in [2.45, 2.75) is 12.5 Å². The minimum atomic E-state index is -0.0962. The molecule has 1 aliphatic rings. The fraction of sp³-hybridized carbons (Fsp3) is 0.133. The third-order valence-electron chi connectivity index (χ3n) is 3.20. The predicted molar refractivity (Wildman–Crippen MR) is 71.6 cm³/mol. The Labute approximate surface area is 111 Å². The van der Waals surface area contributed by atoms with E-state index in [1.165, 1.54) is 0 Å². The van der Waals surface area contributed by atoms with E-state index < -0.39 is 0 Å². The third-order valence-corrected chi connectivity index (χ3v) is 3.44. The molecule has 0 aromatic heterocycles. The summed E-state index contributed by atoms with van der Waals surface area (Å²) in [7, 11) is 0. The molecule has 2 aromatic rings. The van der Waals surface area contributed by atoms with E-state index >= 15 is 0 Å². The molecule has 0 unspecified atom stereocenters. The molecule has 1 N–H and O–H groups in total. The van der Waals surface area contributed by atoms with Gasteiger partial charge in [-0.25, -0.2) is 0 Å². The van der Waals surface area contributed by atoms with Crippen molar-refractivity contribution in [1.82, 2.24) is 5.32 Å². The van der Waals surface area contributed by atoms with Crippen molar-refractivity contribution in [3.63, 3.8) is 0 Å². The van der Waals surface area contributed by atoms with Gasteiger partial charge in [-0.15, -0.1) is 0 Å². The Morgan fingerprint density at radius 1 is 1.11 bits per heavy atom. The normalized spacial score (nSPS) is 18.1. The summed E-state index contributed by atoms with van der Waals surface area (Å²) >= 11 is 6.01. The van der Waals surface area contributed by atoms with Gasteiger partial charge in [0.05, 0.1) is 12.5 Å². The van der Waals surface area contributed by atoms with Gasteiger partial charge in [-0.2, -0.15) is 0 Å². The summed E-state index contributed by atoms with van der Waals surface area (Å²) in [6.07, 6.45) is 0.452.